The van der Waals surface area contributed by atoms with Crippen LogP contribution in [0.25, 0.3) is 5.57 Å². The summed E-state index contributed by atoms with van der Waals surface area (Å²) in [5.41, 5.74) is 4.31. The van der Waals surface area contributed by atoms with E-state index in [-0.39, 0.29) is 6.10 Å². The average molecular weight is 256 g/mol. The summed E-state index contributed by atoms with van der Waals surface area (Å²) in [4.78, 5) is 0. The van der Waals surface area contributed by atoms with Crippen LogP contribution in [0.15, 0.2) is 35.9 Å². The lowest BCUT2D eigenvalue weighted by molar-refractivity contribution is -0.165. The van der Waals surface area contributed by atoms with Gasteiger partial charge >= 0.3 is 0 Å². The number of benzene rings is 1. The number of aliphatic hydroxyl groups excluding tert-OH is 1. The van der Waals surface area contributed by atoms with Crippen LogP contribution in [0.2, 0.25) is 0 Å². The molecule has 1 saturated carbocycles. The van der Waals surface area contributed by atoms with Gasteiger partial charge in [-0.05, 0) is 55.1 Å². The van der Waals surface area contributed by atoms with E-state index in [0.29, 0.717) is 11.8 Å². The Morgan fingerprint density at radius 2 is 1.89 bits per heavy atom. The van der Waals surface area contributed by atoms with Gasteiger partial charge in [0.25, 0.3) is 0 Å². The van der Waals surface area contributed by atoms with Crippen molar-refractivity contribution >= 4 is 5.57 Å². The maximum atomic E-state index is 9.84. The molecule has 2 nitrogen and oxygen atoms in total. The zero-order valence-electron chi connectivity index (χ0n) is 11.1. The van der Waals surface area contributed by atoms with Crippen LogP contribution in [0.5, 0.6) is 0 Å². The minimum absolute atomic E-state index is 0.131. The Kier molecular flexibility index (Phi) is 2.75. The van der Waals surface area contributed by atoms with Crippen molar-refractivity contribution in [2.24, 2.45) is 11.8 Å². The van der Waals surface area contributed by atoms with Gasteiger partial charge in [0.1, 0.15) is 0 Å². The number of rotatable bonds is 1. The molecule has 1 N–H and O–H groups in total. The van der Waals surface area contributed by atoms with E-state index in [0.717, 1.165) is 12.8 Å². The second kappa shape index (κ2) is 4.46. The first-order valence-electron chi connectivity index (χ1n) is 7.46. The SMILES string of the molecule is OC1CC[C@@H]2[C@H]3CCCC3=C(c3ccccc3)[C@@H]2O1. The van der Waals surface area contributed by atoms with Gasteiger partial charge in [-0.25, -0.2) is 0 Å². The standard InChI is InChI=1S/C17H20O2/c18-15-10-9-14-12-7-4-8-13(12)16(17(14)19-15)11-5-2-1-3-6-11/h1-3,5-6,12,14-15,17-18H,4,7-10H2/t12-,14+,15?,17+/m0/s1. The van der Waals surface area contributed by atoms with Crippen molar-refractivity contribution in [3.63, 3.8) is 0 Å². The van der Waals surface area contributed by atoms with Gasteiger partial charge in [-0.3, -0.25) is 0 Å². The van der Waals surface area contributed by atoms with Gasteiger partial charge in [-0.15, -0.1) is 0 Å². The highest BCUT2D eigenvalue weighted by Gasteiger charge is 2.47. The van der Waals surface area contributed by atoms with Crippen LogP contribution in [0.4, 0.5) is 0 Å². The minimum Gasteiger partial charge on any atom is -0.368 e. The molecule has 1 aliphatic heterocycles. The van der Waals surface area contributed by atoms with E-state index >= 15 is 0 Å². The third-order valence-corrected chi connectivity index (χ3v) is 5.08. The topological polar surface area (TPSA) is 29.5 Å². The zero-order chi connectivity index (χ0) is 12.8. The molecule has 2 aliphatic carbocycles. The van der Waals surface area contributed by atoms with Crippen LogP contribution in [0.1, 0.15) is 37.7 Å². The van der Waals surface area contributed by atoms with Crippen molar-refractivity contribution in [1.82, 2.24) is 0 Å². The fraction of sp³-hybridized carbons (Fsp3) is 0.529. The Hall–Kier alpha value is -1.12. The lowest BCUT2D eigenvalue weighted by Gasteiger charge is -2.34. The molecule has 1 saturated heterocycles. The maximum absolute atomic E-state index is 9.84. The Balaban J connectivity index is 1.79. The summed E-state index contributed by atoms with van der Waals surface area (Å²) in [6, 6.07) is 10.6. The molecule has 1 heterocycles. The predicted molar refractivity (Wildman–Crippen MR) is 74.3 cm³/mol. The van der Waals surface area contributed by atoms with Gasteiger partial charge in [0.15, 0.2) is 6.29 Å². The van der Waals surface area contributed by atoms with Crippen molar-refractivity contribution in [1.29, 1.82) is 0 Å². The third kappa shape index (κ3) is 1.78. The highest BCUT2D eigenvalue weighted by Crippen LogP contribution is 2.54. The molecule has 0 amide bonds. The number of fused-ring (bicyclic) bond motifs is 3. The summed E-state index contributed by atoms with van der Waals surface area (Å²) in [5.74, 6) is 1.32. The Bertz CT molecular complexity index is 505. The van der Waals surface area contributed by atoms with E-state index in [1.54, 1.807) is 5.57 Å². The first-order chi connectivity index (χ1) is 9.34. The molecule has 1 aromatic carbocycles. The molecule has 4 atom stereocenters. The molecule has 0 aromatic heterocycles. The Labute approximate surface area is 114 Å². The van der Waals surface area contributed by atoms with Crippen LogP contribution < -0.4 is 0 Å². The molecule has 100 valence electrons. The molecule has 0 radical (unpaired) electrons. The molecule has 19 heavy (non-hydrogen) atoms. The molecule has 1 aromatic rings. The molecular weight excluding hydrogens is 236 g/mol. The lowest BCUT2D eigenvalue weighted by Crippen LogP contribution is -2.35. The number of allylic oxidation sites excluding steroid dienone is 1. The second-order valence-corrected chi connectivity index (χ2v) is 6.06. The summed E-state index contributed by atoms with van der Waals surface area (Å²) < 4.78 is 5.91. The molecule has 2 fully saturated rings. The summed E-state index contributed by atoms with van der Waals surface area (Å²) in [5, 5.41) is 9.84. The average Bonchev–Trinajstić information content (AvgIpc) is 2.99. The van der Waals surface area contributed by atoms with Gasteiger partial charge in [-0.1, -0.05) is 35.9 Å². The van der Waals surface area contributed by atoms with Gasteiger partial charge in [-0.2, -0.15) is 0 Å². The number of hydrogen-bond donors (Lipinski definition) is 1. The van der Waals surface area contributed by atoms with E-state index in [4.69, 9.17) is 4.74 Å². The number of ether oxygens (including phenoxy) is 1. The van der Waals surface area contributed by atoms with E-state index in [1.807, 2.05) is 0 Å². The smallest absolute Gasteiger partial charge is 0.155 e. The first-order valence-corrected chi connectivity index (χ1v) is 7.46. The molecular formula is C17H20O2. The number of hydrogen-bond acceptors (Lipinski definition) is 2. The van der Waals surface area contributed by atoms with Crippen LogP contribution in [0, 0.1) is 11.8 Å². The lowest BCUT2D eigenvalue weighted by atomic mass is 9.85. The normalized spacial score (nSPS) is 37.3. The molecule has 0 bridgehead atoms. The van der Waals surface area contributed by atoms with Gasteiger partial charge < -0.3 is 9.84 Å². The highest BCUT2D eigenvalue weighted by atomic mass is 16.6. The zero-order valence-corrected chi connectivity index (χ0v) is 11.1. The number of aliphatic hydroxyl groups is 1. The predicted octanol–water partition coefficient (Wildman–Crippen LogP) is 3.37. The van der Waals surface area contributed by atoms with Crippen LogP contribution >= 0.6 is 0 Å². The van der Waals surface area contributed by atoms with Crippen molar-refractivity contribution in [2.75, 3.05) is 0 Å². The summed E-state index contributed by atoms with van der Waals surface area (Å²) in [6.07, 6.45) is 5.32. The van der Waals surface area contributed by atoms with Crippen LogP contribution in [-0.2, 0) is 4.74 Å². The fourth-order valence-corrected chi connectivity index (χ4v) is 4.35. The second-order valence-electron chi connectivity index (χ2n) is 6.06. The minimum atomic E-state index is -0.570. The summed E-state index contributed by atoms with van der Waals surface area (Å²) in [6.45, 7) is 0. The Morgan fingerprint density at radius 3 is 2.74 bits per heavy atom. The van der Waals surface area contributed by atoms with Crippen LogP contribution in [-0.4, -0.2) is 17.5 Å². The summed E-state index contributed by atoms with van der Waals surface area (Å²) >= 11 is 0. The maximum Gasteiger partial charge on any atom is 0.155 e. The first kappa shape index (κ1) is 11.7. The molecule has 4 rings (SSSR count). The fourth-order valence-electron chi connectivity index (χ4n) is 4.35. The van der Waals surface area contributed by atoms with Crippen molar-refractivity contribution < 1.29 is 9.84 Å². The van der Waals surface area contributed by atoms with E-state index in [9.17, 15) is 5.11 Å². The Morgan fingerprint density at radius 1 is 1.05 bits per heavy atom. The van der Waals surface area contributed by atoms with E-state index < -0.39 is 6.29 Å². The molecule has 2 heteroatoms. The molecule has 1 unspecified atom stereocenters. The molecule has 3 aliphatic rings. The van der Waals surface area contributed by atoms with Crippen LogP contribution in [0.3, 0.4) is 0 Å². The largest absolute Gasteiger partial charge is 0.368 e. The quantitative estimate of drug-likeness (QED) is 0.834. The molecule has 0 spiro atoms. The van der Waals surface area contributed by atoms with Crippen molar-refractivity contribution in [3.05, 3.63) is 41.5 Å². The van der Waals surface area contributed by atoms with Gasteiger partial charge in [0.2, 0.25) is 0 Å². The van der Waals surface area contributed by atoms with E-state index in [2.05, 4.69) is 30.3 Å². The van der Waals surface area contributed by atoms with E-state index in [1.165, 1.54) is 30.4 Å². The third-order valence-electron chi connectivity index (χ3n) is 5.08. The monoisotopic (exact) mass is 256 g/mol. The van der Waals surface area contributed by atoms with Crippen molar-refractivity contribution in [2.45, 2.75) is 44.5 Å². The highest BCUT2D eigenvalue weighted by molar-refractivity contribution is 5.75. The van der Waals surface area contributed by atoms with Gasteiger partial charge in [0, 0.05) is 0 Å². The van der Waals surface area contributed by atoms with Crippen molar-refractivity contribution in [3.8, 4) is 0 Å². The summed E-state index contributed by atoms with van der Waals surface area (Å²) in [7, 11) is 0. The van der Waals surface area contributed by atoms with Gasteiger partial charge in [0.05, 0.1) is 6.10 Å².